The summed E-state index contributed by atoms with van der Waals surface area (Å²) in [6.07, 6.45) is 4.03. The Bertz CT molecular complexity index is 976. The van der Waals surface area contributed by atoms with Gasteiger partial charge in [-0.3, -0.25) is 9.10 Å². The van der Waals surface area contributed by atoms with Crippen molar-refractivity contribution in [2.75, 3.05) is 17.1 Å². The lowest BCUT2D eigenvalue weighted by Gasteiger charge is -2.29. The Hall–Kier alpha value is -2.34. The first-order valence-electron chi connectivity index (χ1n) is 9.59. The van der Waals surface area contributed by atoms with Crippen molar-refractivity contribution in [3.63, 3.8) is 0 Å². The van der Waals surface area contributed by atoms with E-state index < -0.39 is 10.0 Å². The number of nitrogens with zero attached hydrogens (tertiary/aromatic N) is 1. The number of carbonyl (C=O) groups excluding carboxylic acids is 1. The Morgan fingerprint density at radius 2 is 1.79 bits per heavy atom. The van der Waals surface area contributed by atoms with Gasteiger partial charge in [0, 0.05) is 0 Å². The second-order valence-electron chi connectivity index (χ2n) is 7.73. The molecular formula is C22H28N2O3S. The molecule has 6 heteroatoms. The molecule has 1 N–H and O–H groups in total. The minimum Gasteiger partial charge on any atom is -0.348 e. The van der Waals surface area contributed by atoms with Gasteiger partial charge < -0.3 is 5.32 Å². The van der Waals surface area contributed by atoms with Crippen molar-refractivity contribution >= 4 is 21.6 Å². The van der Waals surface area contributed by atoms with Crippen molar-refractivity contribution < 1.29 is 13.2 Å². The third-order valence-corrected chi connectivity index (χ3v) is 6.39. The van der Waals surface area contributed by atoms with Crippen LogP contribution in [0.5, 0.6) is 0 Å². The average molecular weight is 401 g/mol. The number of hydrogen-bond donors (Lipinski definition) is 1. The van der Waals surface area contributed by atoms with Crippen molar-refractivity contribution in [2.45, 2.75) is 46.1 Å². The summed E-state index contributed by atoms with van der Waals surface area (Å²) in [6.45, 7) is 5.51. The molecular weight excluding hydrogens is 372 g/mol. The first kappa shape index (κ1) is 20.4. The summed E-state index contributed by atoms with van der Waals surface area (Å²) in [7, 11) is -3.60. The fourth-order valence-corrected chi connectivity index (χ4v) is 5.17. The molecule has 3 rings (SSSR count). The summed E-state index contributed by atoms with van der Waals surface area (Å²) in [5, 5.41) is 3.05. The molecule has 0 saturated heterocycles. The van der Waals surface area contributed by atoms with E-state index in [2.05, 4.69) is 11.4 Å². The Balaban J connectivity index is 1.85. The Labute approximate surface area is 167 Å². The maximum absolute atomic E-state index is 12.8. The number of fused-ring (bicyclic) bond motifs is 1. The lowest BCUT2D eigenvalue weighted by atomic mass is 9.88. The Morgan fingerprint density at radius 1 is 1.14 bits per heavy atom. The lowest BCUT2D eigenvalue weighted by molar-refractivity contribution is -0.120. The Morgan fingerprint density at radius 3 is 2.43 bits per heavy atom. The number of sulfonamides is 1. The molecule has 1 amide bonds. The topological polar surface area (TPSA) is 66.5 Å². The van der Waals surface area contributed by atoms with E-state index in [1.807, 2.05) is 51.1 Å². The summed E-state index contributed by atoms with van der Waals surface area (Å²) in [6, 6.07) is 11.9. The highest BCUT2D eigenvalue weighted by Gasteiger charge is 2.27. The van der Waals surface area contributed by atoms with Crippen LogP contribution in [0.15, 0.2) is 36.4 Å². The van der Waals surface area contributed by atoms with E-state index in [9.17, 15) is 13.2 Å². The standard InChI is InChI=1S/C22H28N2O3S/c1-15-12-16(2)22(17(3)13-15)24(28(4,26)27)14-21(25)23-20-11-7-9-18-8-5-6-10-19(18)20/h5-6,8,10,12-13,20H,7,9,11,14H2,1-4H3,(H,23,25)/t20-/m0/s1. The predicted molar refractivity (Wildman–Crippen MR) is 113 cm³/mol. The summed E-state index contributed by atoms with van der Waals surface area (Å²) < 4.78 is 26.2. The maximum atomic E-state index is 12.8. The fraction of sp³-hybridized carbons (Fsp3) is 0.409. The number of hydrogen-bond acceptors (Lipinski definition) is 3. The van der Waals surface area contributed by atoms with Crippen LogP contribution in [-0.2, 0) is 21.2 Å². The van der Waals surface area contributed by atoms with Gasteiger partial charge in [-0.25, -0.2) is 8.42 Å². The van der Waals surface area contributed by atoms with Crippen LogP contribution in [0.4, 0.5) is 5.69 Å². The van der Waals surface area contributed by atoms with E-state index in [0.29, 0.717) is 5.69 Å². The number of rotatable bonds is 5. The van der Waals surface area contributed by atoms with Crippen LogP contribution in [0, 0.1) is 20.8 Å². The number of aryl methyl sites for hydroxylation is 4. The van der Waals surface area contributed by atoms with Gasteiger partial charge in [-0.2, -0.15) is 0 Å². The Kier molecular flexibility index (Phi) is 5.79. The third kappa shape index (κ3) is 4.38. The fourth-order valence-electron chi connectivity index (χ4n) is 4.20. The molecule has 0 fully saturated rings. The van der Waals surface area contributed by atoms with Crippen molar-refractivity contribution in [2.24, 2.45) is 0 Å². The van der Waals surface area contributed by atoms with Crippen LogP contribution in [0.25, 0.3) is 0 Å². The SMILES string of the molecule is Cc1cc(C)c(N(CC(=O)N[C@H]2CCCc3ccccc32)S(C)(=O)=O)c(C)c1. The first-order chi connectivity index (χ1) is 13.2. The summed E-state index contributed by atoms with van der Waals surface area (Å²) in [5.41, 5.74) is 5.74. The normalized spacial score (nSPS) is 16.4. The quantitative estimate of drug-likeness (QED) is 0.834. The molecule has 0 spiro atoms. The monoisotopic (exact) mass is 400 g/mol. The average Bonchev–Trinajstić information content (AvgIpc) is 2.59. The van der Waals surface area contributed by atoms with E-state index in [1.165, 1.54) is 9.87 Å². The molecule has 28 heavy (non-hydrogen) atoms. The summed E-state index contributed by atoms with van der Waals surface area (Å²) in [5.74, 6) is -0.286. The zero-order valence-electron chi connectivity index (χ0n) is 17.0. The molecule has 5 nitrogen and oxygen atoms in total. The molecule has 0 saturated carbocycles. The molecule has 1 aliphatic carbocycles. The second-order valence-corrected chi connectivity index (χ2v) is 9.63. The molecule has 0 radical (unpaired) electrons. The van der Waals surface area contributed by atoms with Crippen LogP contribution < -0.4 is 9.62 Å². The predicted octanol–water partition coefficient (Wildman–Crippen LogP) is 3.57. The highest BCUT2D eigenvalue weighted by atomic mass is 32.2. The van der Waals surface area contributed by atoms with Gasteiger partial charge in [-0.15, -0.1) is 0 Å². The van der Waals surface area contributed by atoms with Gasteiger partial charge in [0.05, 0.1) is 18.0 Å². The van der Waals surface area contributed by atoms with E-state index in [4.69, 9.17) is 0 Å². The van der Waals surface area contributed by atoms with E-state index in [1.54, 1.807) is 0 Å². The molecule has 1 atom stereocenters. The van der Waals surface area contributed by atoms with Crippen molar-refractivity contribution in [3.05, 3.63) is 64.2 Å². The molecule has 0 bridgehead atoms. The van der Waals surface area contributed by atoms with Gasteiger partial charge in [-0.05, 0) is 62.3 Å². The molecule has 1 aliphatic rings. The minimum absolute atomic E-state index is 0.0703. The zero-order valence-corrected chi connectivity index (χ0v) is 17.8. The van der Waals surface area contributed by atoms with Crippen LogP contribution >= 0.6 is 0 Å². The van der Waals surface area contributed by atoms with Gasteiger partial charge in [0.15, 0.2) is 0 Å². The first-order valence-corrected chi connectivity index (χ1v) is 11.4. The highest BCUT2D eigenvalue weighted by molar-refractivity contribution is 7.92. The molecule has 150 valence electrons. The largest absolute Gasteiger partial charge is 0.348 e. The van der Waals surface area contributed by atoms with Gasteiger partial charge in [0.2, 0.25) is 15.9 Å². The van der Waals surface area contributed by atoms with Crippen LogP contribution in [-0.4, -0.2) is 27.1 Å². The van der Waals surface area contributed by atoms with E-state index in [0.717, 1.165) is 47.8 Å². The van der Waals surface area contributed by atoms with E-state index in [-0.39, 0.29) is 18.5 Å². The number of benzene rings is 2. The lowest BCUT2D eigenvalue weighted by Crippen LogP contribution is -2.42. The van der Waals surface area contributed by atoms with Gasteiger partial charge in [0.1, 0.15) is 6.54 Å². The second kappa shape index (κ2) is 7.95. The summed E-state index contributed by atoms with van der Waals surface area (Å²) in [4.78, 5) is 12.8. The van der Waals surface area contributed by atoms with Gasteiger partial charge in [-0.1, -0.05) is 42.0 Å². The molecule has 0 aliphatic heterocycles. The van der Waals surface area contributed by atoms with Crippen molar-refractivity contribution in [3.8, 4) is 0 Å². The minimum atomic E-state index is -3.60. The number of nitrogens with one attached hydrogen (secondary N) is 1. The number of carbonyl (C=O) groups is 1. The number of anilines is 1. The molecule has 0 unspecified atom stereocenters. The smallest absolute Gasteiger partial charge is 0.241 e. The van der Waals surface area contributed by atoms with Gasteiger partial charge in [0.25, 0.3) is 0 Å². The molecule has 2 aromatic rings. The van der Waals surface area contributed by atoms with Crippen LogP contribution in [0.1, 0.15) is 46.7 Å². The zero-order chi connectivity index (χ0) is 20.5. The van der Waals surface area contributed by atoms with E-state index >= 15 is 0 Å². The number of amides is 1. The molecule has 2 aromatic carbocycles. The van der Waals surface area contributed by atoms with Crippen LogP contribution in [0.2, 0.25) is 0 Å². The van der Waals surface area contributed by atoms with Gasteiger partial charge >= 0.3 is 0 Å². The highest BCUT2D eigenvalue weighted by Crippen LogP contribution is 2.30. The summed E-state index contributed by atoms with van der Waals surface area (Å²) >= 11 is 0. The molecule has 0 aromatic heterocycles. The third-order valence-electron chi connectivity index (χ3n) is 5.28. The maximum Gasteiger partial charge on any atom is 0.241 e. The van der Waals surface area contributed by atoms with Crippen LogP contribution in [0.3, 0.4) is 0 Å². The van der Waals surface area contributed by atoms with Crippen molar-refractivity contribution in [1.82, 2.24) is 5.32 Å². The van der Waals surface area contributed by atoms with Crippen molar-refractivity contribution in [1.29, 1.82) is 0 Å². The molecule has 0 heterocycles.